The fraction of sp³-hybridized carbons (Fsp3) is 0. The molecule has 0 aliphatic rings. The van der Waals surface area contributed by atoms with Gasteiger partial charge in [-0.3, -0.25) is 0 Å². The molecule has 102 valence electrons. The van der Waals surface area contributed by atoms with Crippen LogP contribution in [0.1, 0.15) is 0 Å². The molecule has 0 fully saturated rings. The van der Waals surface area contributed by atoms with E-state index < -0.39 is 23.4 Å². The molecule has 2 aromatic heterocycles. The Morgan fingerprint density at radius 1 is 1.10 bits per heavy atom. The van der Waals surface area contributed by atoms with Crippen molar-refractivity contribution in [3.8, 4) is 0 Å². The van der Waals surface area contributed by atoms with Crippen molar-refractivity contribution in [2.24, 2.45) is 0 Å². The first-order valence-corrected chi connectivity index (χ1v) is 6.36. The highest BCUT2D eigenvalue weighted by Gasteiger charge is 2.16. The predicted octanol–water partition coefficient (Wildman–Crippen LogP) is 3.90. The molecule has 0 radical (unpaired) electrons. The van der Waals surface area contributed by atoms with Crippen molar-refractivity contribution in [2.75, 3.05) is 5.32 Å². The zero-order valence-electron chi connectivity index (χ0n) is 9.49. The molecule has 0 unspecified atom stereocenters. The number of nitrogens with one attached hydrogen (secondary N) is 1. The smallest absolute Gasteiger partial charge is 0.251 e. The van der Waals surface area contributed by atoms with Crippen LogP contribution in [-0.4, -0.2) is 13.7 Å². The van der Waals surface area contributed by atoms with Crippen molar-refractivity contribution >= 4 is 45.9 Å². The molecule has 1 aromatic carbocycles. The van der Waals surface area contributed by atoms with Gasteiger partial charge in [0.2, 0.25) is 0 Å². The molecule has 0 atom stereocenters. The monoisotopic (exact) mass is 316 g/mol. The summed E-state index contributed by atoms with van der Waals surface area (Å²) in [5.74, 6) is -4.30. The van der Waals surface area contributed by atoms with Gasteiger partial charge in [0.15, 0.2) is 17.5 Å². The van der Waals surface area contributed by atoms with Gasteiger partial charge in [0.1, 0.15) is 11.0 Å². The molecule has 2 heterocycles. The normalized spacial score (nSPS) is 11.0. The van der Waals surface area contributed by atoms with Gasteiger partial charge in [0.25, 0.3) is 5.95 Å². The molecule has 0 spiro atoms. The Morgan fingerprint density at radius 3 is 2.70 bits per heavy atom. The van der Waals surface area contributed by atoms with Gasteiger partial charge in [0, 0.05) is 6.07 Å². The molecular weight excluding hydrogens is 313 g/mol. The summed E-state index contributed by atoms with van der Waals surface area (Å²) in [6.45, 7) is 0. The van der Waals surface area contributed by atoms with Gasteiger partial charge in [0.05, 0.1) is 22.4 Å². The van der Waals surface area contributed by atoms with Crippen molar-refractivity contribution < 1.29 is 13.2 Å². The van der Waals surface area contributed by atoms with Gasteiger partial charge >= 0.3 is 0 Å². The van der Waals surface area contributed by atoms with E-state index in [2.05, 4.69) is 19.0 Å². The molecular formula is C11H4ClF3N4S. The molecule has 0 aliphatic carbocycles. The molecule has 3 aromatic rings. The third-order valence-electron chi connectivity index (χ3n) is 2.51. The summed E-state index contributed by atoms with van der Waals surface area (Å²) in [4.78, 5) is 3.17. The maximum absolute atomic E-state index is 13.6. The van der Waals surface area contributed by atoms with Gasteiger partial charge in [-0.25, -0.2) is 8.78 Å². The number of aromatic nitrogens is 3. The van der Waals surface area contributed by atoms with E-state index in [9.17, 15) is 13.2 Å². The van der Waals surface area contributed by atoms with Gasteiger partial charge in [-0.05, 0) is 12.1 Å². The van der Waals surface area contributed by atoms with Crippen LogP contribution in [0.4, 0.5) is 24.7 Å². The number of hydrogen-bond acceptors (Lipinski definition) is 5. The zero-order chi connectivity index (χ0) is 14.3. The Bertz CT molecular complexity index is 808. The van der Waals surface area contributed by atoms with Crippen molar-refractivity contribution in [3.63, 3.8) is 0 Å². The second-order valence-corrected chi connectivity index (χ2v) is 4.71. The highest BCUT2D eigenvalue weighted by atomic mass is 35.5. The lowest BCUT2D eigenvalue weighted by Gasteiger charge is -2.09. The van der Waals surface area contributed by atoms with E-state index in [-0.39, 0.29) is 10.7 Å². The number of hydrogen-bond donors (Lipinski definition) is 1. The Morgan fingerprint density at radius 2 is 1.90 bits per heavy atom. The lowest BCUT2D eigenvalue weighted by atomic mass is 10.2. The SMILES string of the molecule is Fc1cc(F)c(Nc2c(Cl)ccc3nsnc23)nc1F. The van der Waals surface area contributed by atoms with Crippen LogP contribution in [0.2, 0.25) is 5.02 Å². The van der Waals surface area contributed by atoms with Crippen molar-refractivity contribution in [3.05, 3.63) is 40.8 Å². The van der Waals surface area contributed by atoms with E-state index in [0.717, 1.165) is 11.7 Å². The van der Waals surface area contributed by atoms with E-state index in [1.54, 1.807) is 6.07 Å². The van der Waals surface area contributed by atoms with Gasteiger partial charge in [-0.2, -0.15) is 18.1 Å². The standard InChI is InChI=1S/C11H4ClF3N4S/c12-4-1-2-7-9(19-20-18-7)8(4)16-11-6(14)3-5(13)10(15)17-11/h1-3H,(H,16,17). The summed E-state index contributed by atoms with van der Waals surface area (Å²) in [6.07, 6.45) is 0. The third kappa shape index (κ3) is 2.16. The molecule has 0 amide bonds. The summed E-state index contributed by atoms with van der Waals surface area (Å²) in [5, 5.41) is 2.75. The summed E-state index contributed by atoms with van der Waals surface area (Å²) < 4.78 is 47.5. The topological polar surface area (TPSA) is 50.7 Å². The predicted molar refractivity (Wildman–Crippen MR) is 69.8 cm³/mol. The Labute approximate surface area is 119 Å². The first-order valence-electron chi connectivity index (χ1n) is 5.25. The van der Waals surface area contributed by atoms with Crippen LogP contribution in [-0.2, 0) is 0 Å². The molecule has 20 heavy (non-hydrogen) atoms. The molecule has 0 saturated carbocycles. The van der Waals surface area contributed by atoms with E-state index in [1.807, 2.05) is 0 Å². The lowest BCUT2D eigenvalue weighted by Crippen LogP contribution is -2.02. The zero-order valence-corrected chi connectivity index (χ0v) is 11.1. The molecule has 0 bridgehead atoms. The van der Waals surface area contributed by atoms with Crippen LogP contribution in [0.3, 0.4) is 0 Å². The van der Waals surface area contributed by atoms with Gasteiger partial charge in [-0.15, -0.1) is 0 Å². The average Bonchev–Trinajstić information content (AvgIpc) is 2.87. The van der Waals surface area contributed by atoms with Gasteiger partial charge in [-0.1, -0.05) is 11.6 Å². The first-order chi connectivity index (χ1) is 9.56. The van der Waals surface area contributed by atoms with Crippen LogP contribution in [0, 0.1) is 17.6 Å². The van der Waals surface area contributed by atoms with E-state index in [1.165, 1.54) is 6.07 Å². The minimum absolute atomic E-state index is 0.232. The summed E-state index contributed by atoms with van der Waals surface area (Å²) in [6, 6.07) is 3.57. The molecule has 0 aliphatic heterocycles. The minimum Gasteiger partial charge on any atom is -0.335 e. The molecule has 1 N–H and O–H groups in total. The fourth-order valence-electron chi connectivity index (χ4n) is 1.60. The van der Waals surface area contributed by atoms with Crippen LogP contribution in [0.5, 0.6) is 0 Å². The molecule has 4 nitrogen and oxygen atoms in total. The van der Waals surface area contributed by atoms with Crippen molar-refractivity contribution in [2.45, 2.75) is 0 Å². The number of rotatable bonds is 2. The summed E-state index contributed by atoms with van der Waals surface area (Å²) >= 11 is 6.94. The average molecular weight is 317 g/mol. The first kappa shape index (κ1) is 13.1. The molecule has 0 saturated heterocycles. The Kier molecular flexibility index (Phi) is 3.19. The number of nitrogens with zero attached hydrogens (tertiary/aromatic N) is 3. The molecule has 9 heteroatoms. The van der Waals surface area contributed by atoms with Crippen molar-refractivity contribution in [1.29, 1.82) is 0 Å². The van der Waals surface area contributed by atoms with E-state index in [4.69, 9.17) is 11.6 Å². The highest BCUT2D eigenvalue weighted by molar-refractivity contribution is 7.00. The largest absolute Gasteiger partial charge is 0.335 e. The third-order valence-corrected chi connectivity index (χ3v) is 3.36. The second-order valence-electron chi connectivity index (χ2n) is 3.77. The number of pyridine rings is 1. The molecule has 3 rings (SSSR count). The van der Waals surface area contributed by atoms with E-state index in [0.29, 0.717) is 17.1 Å². The van der Waals surface area contributed by atoms with Crippen LogP contribution in [0.15, 0.2) is 18.2 Å². The summed E-state index contributed by atoms with van der Waals surface area (Å²) in [7, 11) is 0. The number of halogens is 4. The fourth-order valence-corrected chi connectivity index (χ4v) is 2.34. The lowest BCUT2D eigenvalue weighted by molar-refractivity contribution is 0.467. The minimum atomic E-state index is -1.41. The van der Waals surface area contributed by atoms with Crippen LogP contribution >= 0.6 is 23.3 Å². The van der Waals surface area contributed by atoms with Gasteiger partial charge < -0.3 is 5.32 Å². The van der Waals surface area contributed by atoms with E-state index >= 15 is 0 Å². The quantitative estimate of drug-likeness (QED) is 0.728. The Balaban J connectivity index is 2.12. The van der Waals surface area contributed by atoms with Crippen molar-refractivity contribution in [1.82, 2.24) is 13.7 Å². The van der Waals surface area contributed by atoms with Crippen LogP contribution in [0.25, 0.3) is 11.0 Å². The Hall–Kier alpha value is -1.93. The second kappa shape index (κ2) is 4.88. The summed E-state index contributed by atoms with van der Waals surface area (Å²) in [5.41, 5.74) is 1.17. The maximum atomic E-state index is 13.6. The number of anilines is 2. The maximum Gasteiger partial charge on any atom is 0.251 e. The highest BCUT2D eigenvalue weighted by Crippen LogP contribution is 2.32. The number of benzene rings is 1. The number of fused-ring (bicyclic) bond motifs is 1. The van der Waals surface area contributed by atoms with Crippen LogP contribution < -0.4 is 5.32 Å².